The van der Waals surface area contributed by atoms with E-state index in [0.717, 1.165) is 25.7 Å². The van der Waals surface area contributed by atoms with Crippen molar-refractivity contribution in [1.29, 1.82) is 0 Å². The van der Waals surface area contributed by atoms with Gasteiger partial charge in [-0.1, -0.05) is 26.7 Å². The van der Waals surface area contributed by atoms with Gasteiger partial charge in [-0.05, 0) is 25.2 Å². The van der Waals surface area contributed by atoms with E-state index in [4.69, 9.17) is 0 Å². The molecule has 0 aromatic rings. The van der Waals surface area contributed by atoms with E-state index in [-0.39, 0.29) is 6.04 Å². The summed E-state index contributed by atoms with van der Waals surface area (Å²) in [4.78, 5) is 22.9. The Bertz CT molecular complexity index is 253. The monoisotopic (exact) mass is 226 g/mol. The molecule has 0 saturated heterocycles. The molecule has 92 valence electrons. The first-order valence-corrected chi connectivity index (χ1v) is 6.23. The molecule has 16 heavy (non-hydrogen) atoms. The fraction of sp³-hybridized carbons (Fsp3) is 0.833. The third-order valence-electron chi connectivity index (χ3n) is 3.17. The van der Waals surface area contributed by atoms with Crippen molar-refractivity contribution in [1.82, 2.24) is 10.6 Å². The lowest BCUT2D eigenvalue weighted by atomic mass is 9.86. The van der Waals surface area contributed by atoms with E-state index in [1.54, 1.807) is 0 Å². The maximum absolute atomic E-state index is 11.5. The molecule has 2 unspecified atom stereocenters. The van der Waals surface area contributed by atoms with Gasteiger partial charge in [-0.3, -0.25) is 9.59 Å². The highest BCUT2D eigenvalue weighted by Gasteiger charge is 2.24. The summed E-state index contributed by atoms with van der Waals surface area (Å²) in [7, 11) is 0. The van der Waals surface area contributed by atoms with Crippen LogP contribution in [-0.2, 0) is 9.59 Å². The predicted molar refractivity (Wildman–Crippen MR) is 62.9 cm³/mol. The highest BCUT2D eigenvalue weighted by molar-refractivity contribution is 6.35. The first kappa shape index (κ1) is 13.0. The van der Waals surface area contributed by atoms with Crippen LogP contribution in [0.5, 0.6) is 0 Å². The fourth-order valence-corrected chi connectivity index (χ4v) is 2.08. The Balaban J connectivity index is 2.34. The van der Waals surface area contributed by atoms with Crippen LogP contribution in [0, 0.1) is 5.92 Å². The molecule has 2 atom stereocenters. The van der Waals surface area contributed by atoms with E-state index < -0.39 is 11.8 Å². The van der Waals surface area contributed by atoms with Gasteiger partial charge < -0.3 is 10.6 Å². The molecule has 0 heterocycles. The van der Waals surface area contributed by atoms with Gasteiger partial charge in [0.2, 0.25) is 0 Å². The average Bonchev–Trinajstić information content (AvgIpc) is 2.28. The van der Waals surface area contributed by atoms with Gasteiger partial charge >= 0.3 is 11.8 Å². The quantitative estimate of drug-likeness (QED) is 0.711. The maximum atomic E-state index is 11.5. The van der Waals surface area contributed by atoms with Gasteiger partial charge in [0, 0.05) is 12.6 Å². The molecule has 0 aromatic carbocycles. The zero-order valence-corrected chi connectivity index (χ0v) is 10.2. The zero-order valence-electron chi connectivity index (χ0n) is 10.2. The van der Waals surface area contributed by atoms with Crippen LogP contribution in [-0.4, -0.2) is 24.4 Å². The number of hydrogen-bond donors (Lipinski definition) is 2. The first-order chi connectivity index (χ1) is 7.65. The minimum absolute atomic E-state index is 0.175. The zero-order chi connectivity index (χ0) is 12.0. The van der Waals surface area contributed by atoms with Crippen LogP contribution in [0.3, 0.4) is 0 Å². The summed E-state index contributed by atoms with van der Waals surface area (Å²) in [6, 6.07) is 0.175. The largest absolute Gasteiger partial charge is 0.348 e. The van der Waals surface area contributed by atoms with Crippen molar-refractivity contribution in [2.45, 2.75) is 52.0 Å². The van der Waals surface area contributed by atoms with Gasteiger partial charge in [0.1, 0.15) is 0 Å². The van der Waals surface area contributed by atoms with Crippen LogP contribution in [0.15, 0.2) is 0 Å². The van der Waals surface area contributed by atoms with Gasteiger partial charge in [0.15, 0.2) is 0 Å². The van der Waals surface area contributed by atoms with Crippen molar-refractivity contribution < 1.29 is 9.59 Å². The number of carbonyl (C=O) groups excluding carboxylic acids is 2. The molecule has 2 amide bonds. The van der Waals surface area contributed by atoms with E-state index in [2.05, 4.69) is 17.6 Å². The molecule has 0 radical (unpaired) electrons. The van der Waals surface area contributed by atoms with Crippen LogP contribution in [0.1, 0.15) is 46.0 Å². The molecule has 4 heteroatoms. The van der Waals surface area contributed by atoms with Gasteiger partial charge in [0.05, 0.1) is 0 Å². The second-order valence-electron chi connectivity index (χ2n) is 4.60. The first-order valence-electron chi connectivity index (χ1n) is 6.23. The molecular formula is C12H22N2O2. The van der Waals surface area contributed by atoms with Crippen LogP contribution in [0.2, 0.25) is 0 Å². The van der Waals surface area contributed by atoms with E-state index >= 15 is 0 Å². The molecule has 0 spiro atoms. The molecular weight excluding hydrogens is 204 g/mol. The van der Waals surface area contributed by atoms with Crippen LogP contribution < -0.4 is 10.6 Å². The number of carbonyl (C=O) groups is 2. The lowest BCUT2D eigenvalue weighted by Gasteiger charge is -2.29. The highest BCUT2D eigenvalue weighted by atomic mass is 16.2. The van der Waals surface area contributed by atoms with E-state index in [1.807, 2.05) is 6.92 Å². The molecule has 0 aliphatic heterocycles. The van der Waals surface area contributed by atoms with Crippen molar-refractivity contribution in [3.63, 3.8) is 0 Å². The second-order valence-corrected chi connectivity index (χ2v) is 4.60. The lowest BCUT2D eigenvalue weighted by molar-refractivity contribution is -0.139. The molecule has 2 N–H and O–H groups in total. The molecule has 1 rings (SSSR count). The number of rotatable bonds is 3. The standard InChI is InChI=1S/C12H22N2O2/c1-3-8-13-11(15)12(16)14-10-7-5-4-6-9(10)2/h9-10H,3-8H2,1-2H3,(H,13,15)(H,14,16). The Labute approximate surface area is 97.2 Å². The lowest BCUT2D eigenvalue weighted by Crippen LogP contribution is -2.47. The van der Waals surface area contributed by atoms with Crippen LogP contribution in [0.4, 0.5) is 0 Å². The predicted octanol–water partition coefficient (Wildman–Crippen LogP) is 1.21. The summed E-state index contributed by atoms with van der Waals surface area (Å²) >= 11 is 0. The van der Waals surface area contributed by atoms with Gasteiger partial charge in [-0.25, -0.2) is 0 Å². The number of amides is 2. The summed E-state index contributed by atoms with van der Waals surface area (Å²) in [6.07, 6.45) is 5.36. The smallest absolute Gasteiger partial charge is 0.309 e. The van der Waals surface area contributed by atoms with Crippen LogP contribution in [0.25, 0.3) is 0 Å². The molecule has 1 aliphatic rings. The highest BCUT2D eigenvalue weighted by Crippen LogP contribution is 2.23. The Morgan fingerprint density at radius 1 is 1.19 bits per heavy atom. The third kappa shape index (κ3) is 3.83. The number of nitrogens with one attached hydrogen (secondary N) is 2. The molecule has 1 fully saturated rings. The molecule has 1 aliphatic carbocycles. The average molecular weight is 226 g/mol. The SMILES string of the molecule is CCCNC(=O)C(=O)NC1CCCCC1C. The van der Waals surface area contributed by atoms with Crippen molar-refractivity contribution >= 4 is 11.8 Å². The molecule has 1 saturated carbocycles. The normalized spacial score (nSPS) is 24.9. The summed E-state index contributed by atoms with van der Waals surface area (Å²) in [6.45, 7) is 4.65. The minimum Gasteiger partial charge on any atom is -0.348 e. The number of hydrogen-bond acceptors (Lipinski definition) is 2. The minimum atomic E-state index is -0.500. The van der Waals surface area contributed by atoms with Crippen molar-refractivity contribution in [3.8, 4) is 0 Å². The van der Waals surface area contributed by atoms with Crippen molar-refractivity contribution in [2.24, 2.45) is 5.92 Å². The summed E-state index contributed by atoms with van der Waals surface area (Å²) in [5, 5.41) is 5.41. The maximum Gasteiger partial charge on any atom is 0.309 e. The molecule has 4 nitrogen and oxygen atoms in total. The van der Waals surface area contributed by atoms with Gasteiger partial charge in [-0.2, -0.15) is 0 Å². The summed E-state index contributed by atoms with van der Waals surface area (Å²) in [5.41, 5.74) is 0. The summed E-state index contributed by atoms with van der Waals surface area (Å²) < 4.78 is 0. The van der Waals surface area contributed by atoms with Crippen LogP contribution >= 0.6 is 0 Å². The van der Waals surface area contributed by atoms with E-state index in [9.17, 15) is 9.59 Å². The van der Waals surface area contributed by atoms with E-state index in [1.165, 1.54) is 6.42 Å². The fourth-order valence-electron chi connectivity index (χ4n) is 2.08. The van der Waals surface area contributed by atoms with Crippen molar-refractivity contribution in [2.75, 3.05) is 6.54 Å². The van der Waals surface area contributed by atoms with Crippen molar-refractivity contribution in [3.05, 3.63) is 0 Å². The molecule has 0 aromatic heterocycles. The topological polar surface area (TPSA) is 58.2 Å². The Morgan fingerprint density at radius 2 is 1.88 bits per heavy atom. The Hall–Kier alpha value is -1.06. The van der Waals surface area contributed by atoms with Gasteiger partial charge in [-0.15, -0.1) is 0 Å². The Kier molecular flexibility index (Phi) is 5.29. The Morgan fingerprint density at radius 3 is 2.50 bits per heavy atom. The summed E-state index contributed by atoms with van der Waals surface area (Å²) in [5.74, 6) is -0.497. The third-order valence-corrected chi connectivity index (χ3v) is 3.17. The second kappa shape index (κ2) is 6.51. The molecule has 0 bridgehead atoms. The van der Waals surface area contributed by atoms with Gasteiger partial charge in [0.25, 0.3) is 0 Å². The van der Waals surface area contributed by atoms with E-state index in [0.29, 0.717) is 12.5 Å².